The molecule has 1 amide bonds. The van der Waals surface area contributed by atoms with Gasteiger partial charge in [-0.3, -0.25) is 4.79 Å². The van der Waals surface area contributed by atoms with Crippen LogP contribution in [0.5, 0.6) is 0 Å². The Kier molecular flexibility index (Phi) is 4.94. The van der Waals surface area contributed by atoms with E-state index in [1.807, 2.05) is 11.9 Å². The summed E-state index contributed by atoms with van der Waals surface area (Å²) in [6.45, 7) is 17.0. The van der Waals surface area contributed by atoms with Crippen molar-refractivity contribution in [2.24, 2.45) is 28.1 Å². The van der Waals surface area contributed by atoms with E-state index in [0.29, 0.717) is 23.2 Å². The Hall–Kier alpha value is -0.570. The van der Waals surface area contributed by atoms with Gasteiger partial charge >= 0.3 is 0 Å². The minimum Gasteiger partial charge on any atom is -0.345 e. The van der Waals surface area contributed by atoms with E-state index in [0.717, 1.165) is 32.5 Å². The van der Waals surface area contributed by atoms with Gasteiger partial charge in [0.15, 0.2) is 0 Å². The van der Waals surface area contributed by atoms with Gasteiger partial charge in [-0.05, 0) is 55.5 Å². The van der Waals surface area contributed by atoms with Gasteiger partial charge in [-0.1, -0.05) is 41.5 Å². The highest BCUT2D eigenvalue weighted by Gasteiger charge is 2.53. The summed E-state index contributed by atoms with van der Waals surface area (Å²) >= 11 is 0. The molecule has 2 fully saturated rings. The zero-order valence-corrected chi connectivity index (χ0v) is 16.7. The first-order valence-electron chi connectivity index (χ1n) is 9.34. The number of nitrogens with zero attached hydrogens (tertiary/aromatic N) is 2. The van der Waals surface area contributed by atoms with Crippen molar-refractivity contribution in [1.29, 1.82) is 0 Å². The molecule has 0 aliphatic carbocycles. The van der Waals surface area contributed by atoms with E-state index in [1.54, 1.807) is 0 Å². The molecule has 0 saturated carbocycles. The standard InChI is InChI=1S/C20H38N2O/c1-15-11-16(2)20(14-21(7)10-9-19(15,5)6)12-18(3,4)13-22(8)17(20)23/h15-16H,9-14H2,1-8H3. The second kappa shape index (κ2) is 6.06. The van der Waals surface area contributed by atoms with E-state index in [1.165, 1.54) is 6.42 Å². The maximum absolute atomic E-state index is 13.3. The summed E-state index contributed by atoms with van der Waals surface area (Å²) in [7, 11) is 4.20. The summed E-state index contributed by atoms with van der Waals surface area (Å²) in [5.74, 6) is 1.44. The number of rotatable bonds is 0. The molecule has 0 aromatic carbocycles. The highest BCUT2D eigenvalue weighted by Crippen LogP contribution is 2.50. The van der Waals surface area contributed by atoms with E-state index < -0.39 is 0 Å². The molecule has 2 aliphatic heterocycles. The molecule has 1 spiro atoms. The van der Waals surface area contributed by atoms with E-state index in [4.69, 9.17) is 0 Å². The molecule has 2 saturated heterocycles. The summed E-state index contributed by atoms with van der Waals surface area (Å²) in [4.78, 5) is 17.7. The van der Waals surface area contributed by atoms with Crippen molar-refractivity contribution in [2.75, 3.05) is 33.7 Å². The Labute approximate surface area is 143 Å². The van der Waals surface area contributed by atoms with Crippen molar-refractivity contribution in [3.8, 4) is 0 Å². The van der Waals surface area contributed by atoms with Crippen LogP contribution in [0.3, 0.4) is 0 Å². The first kappa shape index (κ1) is 18.8. The third kappa shape index (κ3) is 3.60. The quantitative estimate of drug-likeness (QED) is 0.675. The van der Waals surface area contributed by atoms with Crippen LogP contribution in [0, 0.1) is 28.1 Å². The molecule has 3 heteroatoms. The van der Waals surface area contributed by atoms with Gasteiger partial charge in [-0.15, -0.1) is 0 Å². The Morgan fingerprint density at radius 3 is 2.22 bits per heavy atom. The minimum absolute atomic E-state index is 0.199. The maximum Gasteiger partial charge on any atom is 0.230 e. The fourth-order valence-electron chi connectivity index (χ4n) is 5.10. The van der Waals surface area contributed by atoms with Crippen LogP contribution in [-0.4, -0.2) is 49.4 Å². The average Bonchev–Trinajstić information content (AvgIpc) is 2.42. The first-order valence-corrected chi connectivity index (χ1v) is 9.34. The molecule has 0 radical (unpaired) electrons. The predicted molar refractivity (Wildman–Crippen MR) is 97.3 cm³/mol. The molecule has 2 rings (SSSR count). The lowest BCUT2D eigenvalue weighted by Crippen LogP contribution is -2.59. The van der Waals surface area contributed by atoms with Crippen LogP contribution in [0.1, 0.15) is 60.8 Å². The fourth-order valence-corrected chi connectivity index (χ4v) is 5.10. The third-order valence-electron chi connectivity index (χ3n) is 6.91. The second-order valence-corrected chi connectivity index (χ2v) is 10.2. The molecule has 134 valence electrons. The summed E-state index contributed by atoms with van der Waals surface area (Å²) in [5, 5.41) is 0. The van der Waals surface area contributed by atoms with Crippen molar-refractivity contribution in [3.63, 3.8) is 0 Å². The number of piperidine rings is 1. The molecule has 0 aromatic rings. The Bertz CT molecular complexity index is 457. The highest BCUT2D eigenvalue weighted by molar-refractivity contribution is 5.84. The van der Waals surface area contributed by atoms with E-state index in [-0.39, 0.29) is 10.8 Å². The largest absolute Gasteiger partial charge is 0.345 e. The van der Waals surface area contributed by atoms with Crippen LogP contribution in [-0.2, 0) is 4.79 Å². The van der Waals surface area contributed by atoms with Gasteiger partial charge in [0, 0.05) is 20.1 Å². The SMILES string of the molecule is CC1CC(C)C2(CN(C)CCC1(C)C)CC(C)(C)CN(C)C2=O. The summed E-state index contributed by atoms with van der Waals surface area (Å²) in [6, 6.07) is 0. The number of hydrogen-bond donors (Lipinski definition) is 0. The lowest BCUT2D eigenvalue weighted by Gasteiger charge is -2.52. The van der Waals surface area contributed by atoms with Crippen molar-refractivity contribution in [2.45, 2.75) is 60.8 Å². The van der Waals surface area contributed by atoms with E-state index >= 15 is 0 Å². The maximum atomic E-state index is 13.3. The molecule has 3 nitrogen and oxygen atoms in total. The van der Waals surface area contributed by atoms with Gasteiger partial charge in [-0.25, -0.2) is 0 Å². The van der Waals surface area contributed by atoms with Gasteiger partial charge in [0.1, 0.15) is 0 Å². The van der Waals surface area contributed by atoms with Crippen LogP contribution < -0.4 is 0 Å². The van der Waals surface area contributed by atoms with Gasteiger partial charge in [0.25, 0.3) is 0 Å². The lowest BCUT2D eigenvalue weighted by atomic mass is 9.60. The van der Waals surface area contributed by atoms with Gasteiger partial charge in [-0.2, -0.15) is 0 Å². The summed E-state index contributed by atoms with van der Waals surface area (Å²) in [6.07, 6.45) is 3.37. The molecular weight excluding hydrogens is 284 g/mol. The molecule has 3 unspecified atom stereocenters. The molecule has 0 aromatic heterocycles. The Morgan fingerprint density at radius 1 is 1.00 bits per heavy atom. The van der Waals surface area contributed by atoms with Gasteiger partial charge in [0.2, 0.25) is 5.91 Å². The van der Waals surface area contributed by atoms with E-state index in [9.17, 15) is 4.79 Å². The number of carbonyl (C=O) groups excluding carboxylic acids is 1. The van der Waals surface area contributed by atoms with Crippen LogP contribution >= 0.6 is 0 Å². The first-order chi connectivity index (χ1) is 10.4. The fraction of sp³-hybridized carbons (Fsp3) is 0.950. The molecule has 3 atom stereocenters. The lowest BCUT2D eigenvalue weighted by molar-refractivity contribution is -0.157. The van der Waals surface area contributed by atoms with E-state index in [2.05, 4.69) is 53.5 Å². The van der Waals surface area contributed by atoms with Crippen molar-refractivity contribution >= 4 is 5.91 Å². The average molecular weight is 323 g/mol. The number of carbonyl (C=O) groups is 1. The summed E-state index contributed by atoms with van der Waals surface area (Å²) < 4.78 is 0. The minimum atomic E-state index is -0.222. The van der Waals surface area contributed by atoms with Crippen molar-refractivity contribution < 1.29 is 4.79 Å². The molecule has 2 heterocycles. The Morgan fingerprint density at radius 2 is 1.61 bits per heavy atom. The van der Waals surface area contributed by atoms with Crippen molar-refractivity contribution in [1.82, 2.24) is 9.80 Å². The molecular formula is C20H38N2O. The normalized spacial score (nSPS) is 39.0. The second-order valence-electron chi connectivity index (χ2n) is 10.2. The van der Waals surface area contributed by atoms with Crippen LogP contribution in [0.25, 0.3) is 0 Å². The Balaban J connectivity index is 2.42. The zero-order chi connectivity index (χ0) is 17.6. The van der Waals surface area contributed by atoms with Gasteiger partial charge < -0.3 is 9.80 Å². The van der Waals surface area contributed by atoms with Crippen LogP contribution in [0.15, 0.2) is 0 Å². The smallest absolute Gasteiger partial charge is 0.230 e. The van der Waals surface area contributed by atoms with Crippen molar-refractivity contribution in [3.05, 3.63) is 0 Å². The summed E-state index contributed by atoms with van der Waals surface area (Å²) in [5.41, 5.74) is 0.317. The van der Waals surface area contributed by atoms with Gasteiger partial charge in [0.05, 0.1) is 5.41 Å². The monoisotopic (exact) mass is 322 g/mol. The number of likely N-dealkylation sites (tertiary alicyclic amines) is 1. The van der Waals surface area contributed by atoms with Crippen LogP contribution in [0.4, 0.5) is 0 Å². The number of amides is 1. The highest BCUT2D eigenvalue weighted by atomic mass is 16.2. The molecule has 23 heavy (non-hydrogen) atoms. The van der Waals surface area contributed by atoms with Crippen LogP contribution in [0.2, 0.25) is 0 Å². The number of hydrogen-bond acceptors (Lipinski definition) is 2. The third-order valence-corrected chi connectivity index (χ3v) is 6.91. The molecule has 0 N–H and O–H groups in total. The molecule has 2 aliphatic rings. The topological polar surface area (TPSA) is 23.6 Å². The molecule has 0 bridgehead atoms. The predicted octanol–water partition coefficient (Wildman–Crippen LogP) is 3.89. The zero-order valence-electron chi connectivity index (χ0n) is 16.7.